The molecule has 0 aliphatic carbocycles. The third-order valence-electron chi connectivity index (χ3n) is 17.0. The molecule has 0 bridgehead atoms. The van der Waals surface area contributed by atoms with Crippen LogP contribution in [0.1, 0.15) is 108 Å². The number of nitrogens with zero attached hydrogens (tertiary/aromatic N) is 7. The number of hydrogen-bond acceptors (Lipinski definition) is 26. The number of para-hydroxylation sites is 2. The van der Waals surface area contributed by atoms with E-state index in [1.54, 1.807) is 152 Å². The number of hydrazone groups is 6. The molecule has 42 heteroatoms. The number of phenols is 7. The highest BCUT2D eigenvalue weighted by Gasteiger charge is 2.20. The van der Waals surface area contributed by atoms with Gasteiger partial charge in [0.2, 0.25) is 0 Å². The third kappa shape index (κ3) is 32.5. The van der Waals surface area contributed by atoms with Crippen LogP contribution >= 0.6 is 139 Å². The minimum atomic E-state index is -0.639. The fourth-order valence-electron chi connectivity index (χ4n) is 10.5. The molecule has 12 aromatic rings. The number of methoxy groups -OCH3 is 4. The summed E-state index contributed by atoms with van der Waals surface area (Å²) in [6.07, 6.45) is 7.86. The van der Waals surface area contributed by atoms with Gasteiger partial charge in [-0.15, -0.1) is 0 Å². The van der Waals surface area contributed by atoms with E-state index in [0.717, 1.165) is 31.3 Å². The van der Waals surface area contributed by atoms with E-state index in [2.05, 4.69) is 191 Å². The van der Waals surface area contributed by atoms with E-state index < -0.39 is 16.7 Å². The van der Waals surface area contributed by atoms with Crippen LogP contribution in [0.15, 0.2) is 291 Å². The van der Waals surface area contributed by atoms with E-state index >= 15 is 0 Å². The van der Waals surface area contributed by atoms with Gasteiger partial charge in [0.05, 0.1) is 105 Å². The smallest absolute Gasteiger partial charge is 0.272 e. The van der Waals surface area contributed by atoms with Crippen molar-refractivity contribution < 1.29 is 93.1 Å². The van der Waals surface area contributed by atoms with Crippen molar-refractivity contribution in [3.8, 4) is 69.0 Å². The molecule has 0 saturated heterocycles. The first-order chi connectivity index (χ1) is 63.6. The summed E-state index contributed by atoms with van der Waals surface area (Å²) in [5, 5.41) is 103. The lowest BCUT2D eigenvalue weighted by atomic mass is 10.1. The van der Waals surface area contributed by atoms with Crippen LogP contribution in [0, 0.1) is 17.0 Å². The summed E-state index contributed by atoms with van der Waals surface area (Å²) < 4.78 is 31.0. The SMILES string of the molecule is CCOc1cc(Br)cc(/C=N/NC(=O)c2ccccc2Br)c1O.COc1cc(Br)c(Br)c(/C=N/NC(=O)c2ccccc2)c1O.COc1cc(Br)c(Br)c(/C=N/NC(=O)c2ccccc2Cl)c1O.COc1cc(Br)cc(/C=N/NC(=O)c2cccc(Br)c2)c1O.COc1cccc(/C=N/NC(=O)c2ccccc2C)c1O.O=C(N/N=C/c1cccc(O)c1O)c1cccc([N+](=O)[O-])c1. The molecule has 0 fully saturated rings. The Balaban J connectivity index is 0.000000218. The van der Waals surface area contributed by atoms with Gasteiger partial charge in [-0.1, -0.05) is 144 Å². The van der Waals surface area contributed by atoms with Gasteiger partial charge in [-0.05, 0) is 226 Å². The van der Waals surface area contributed by atoms with Gasteiger partial charge in [0.25, 0.3) is 41.1 Å². The maximum atomic E-state index is 12.0. The maximum absolute atomic E-state index is 12.0. The van der Waals surface area contributed by atoms with E-state index in [1.807, 2.05) is 44.2 Å². The summed E-state index contributed by atoms with van der Waals surface area (Å²) >= 11 is 32.5. The van der Waals surface area contributed by atoms with Gasteiger partial charge >= 0.3 is 0 Å². The Morgan fingerprint density at radius 3 is 1.24 bits per heavy atom. The normalized spacial score (nSPS) is 10.7. The minimum absolute atomic E-state index is 0.0195. The molecule has 0 aliphatic heterocycles. The molecule has 0 spiro atoms. The zero-order valence-electron chi connectivity index (χ0n) is 70.0. The van der Waals surface area contributed by atoms with Gasteiger partial charge in [-0.3, -0.25) is 38.9 Å². The highest BCUT2D eigenvalue weighted by Crippen LogP contribution is 2.42. The minimum Gasteiger partial charge on any atom is -0.504 e. The monoisotopic (exact) mass is 2340 g/mol. The largest absolute Gasteiger partial charge is 0.504 e. The fourth-order valence-corrected chi connectivity index (χ4v) is 14.1. The Labute approximate surface area is 832 Å². The molecule has 0 saturated carbocycles. The second-order valence-electron chi connectivity index (χ2n) is 25.9. The standard InChI is InChI=1S/C16H14Br2N2O3.C16H16N2O3.C15H11Br2ClN2O3.2C15H12Br2N2O3.C14H11N3O5/c1-2-23-14-8-11(17)7-10(15(14)21)9-19-20-16(22)12-5-3-4-6-13(12)18;1-11-6-3-4-8-13(11)16(20)18-17-10-12-7-5-9-14(21-2)15(12)19;1-23-12-6-10(16)13(17)9(14(12)21)7-19-20-15(22)8-4-2-3-5-11(8)18;1-22-13-7-12(17)6-10(14(13)20)8-18-19-15(21)9-3-2-4-11(16)5-9;1-22-12-7-11(16)13(17)10(14(12)20)8-18-19-15(21)9-5-3-2-4-6-9;18-12-6-2-4-10(13(12)19)8-15-16-14(20)9-3-1-5-11(7-9)17(21)22/h3-9,21H,2H2,1H3,(H,20,22);3-10,19H,1-2H3,(H,18,20);2-7,21H,1H3,(H,20,22);2*2-8,20H,1H3,(H,19,21);1-8,18-19H,(H,16,20)/b19-9+;17-10+;19-7+;2*18-8+;15-8+. The summed E-state index contributed by atoms with van der Waals surface area (Å²) in [6.45, 7) is 4.11. The van der Waals surface area contributed by atoms with Gasteiger partial charge in [0, 0.05) is 92.4 Å². The van der Waals surface area contributed by atoms with E-state index in [4.69, 9.17) is 35.3 Å². The molecule has 0 aromatic heterocycles. The Bertz CT molecular complexity index is 6380. The summed E-state index contributed by atoms with van der Waals surface area (Å²) in [5.41, 5.74) is 19.5. The number of non-ortho nitro benzene ring substituents is 1. The van der Waals surface area contributed by atoms with Crippen LogP contribution in [0.2, 0.25) is 5.02 Å². The number of nitro benzene ring substituents is 1. The van der Waals surface area contributed by atoms with Crippen molar-refractivity contribution in [2.45, 2.75) is 13.8 Å². The fraction of sp³-hybridized carbons (Fsp3) is 0.0769. The maximum Gasteiger partial charge on any atom is 0.272 e. The second-order valence-corrected chi connectivity index (χ2v) is 33.2. The predicted molar refractivity (Wildman–Crippen MR) is 535 cm³/mol. The molecule has 133 heavy (non-hydrogen) atoms. The molecule has 12 aromatic carbocycles. The number of nitro groups is 1. The number of aryl methyl sites for hydroxylation is 1. The molecule has 0 unspecified atom stereocenters. The number of benzene rings is 12. The Kier molecular flexibility index (Phi) is 43.6. The number of nitrogens with one attached hydrogen (secondary N) is 6. The number of carbonyl (C=O) groups excluding carboxylic acids is 6. The van der Waals surface area contributed by atoms with Crippen molar-refractivity contribution >= 4 is 217 Å². The van der Waals surface area contributed by atoms with Crippen molar-refractivity contribution in [3.05, 3.63) is 348 Å². The zero-order chi connectivity index (χ0) is 97.4. The Morgan fingerprint density at radius 2 is 0.744 bits per heavy atom. The molecule has 0 radical (unpaired) electrons. The van der Waals surface area contributed by atoms with Gasteiger partial charge in [0.1, 0.15) is 0 Å². The Hall–Kier alpha value is -13.4. The van der Waals surface area contributed by atoms with Crippen LogP contribution in [0.5, 0.6) is 69.0 Å². The first kappa shape index (κ1) is 107. The molecule has 13 N–H and O–H groups in total. The number of halogens is 9. The second kappa shape index (κ2) is 54.4. The molecular formula is C91H76Br8ClN13O20. The summed E-state index contributed by atoms with van der Waals surface area (Å²) in [5.74, 6) is -1.80. The average molecular weight is 2350 g/mol. The van der Waals surface area contributed by atoms with Crippen LogP contribution in [-0.4, -0.2) is 148 Å². The van der Waals surface area contributed by atoms with E-state index in [9.17, 15) is 74.6 Å². The molecular weight excluding hydrogens is 2270 g/mol. The van der Waals surface area contributed by atoms with Crippen molar-refractivity contribution in [1.29, 1.82) is 0 Å². The summed E-state index contributed by atoms with van der Waals surface area (Å²) in [6, 6.07) is 60.9. The first-order valence-electron chi connectivity index (χ1n) is 37.8. The van der Waals surface area contributed by atoms with Crippen LogP contribution in [-0.2, 0) is 0 Å². The molecule has 33 nitrogen and oxygen atoms in total. The Morgan fingerprint density at radius 1 is 0.361 bits per heavy atom. The lowest BCUT2D eigenvalue weighted by molar-refractivity contribution is -0.384. The van der Waals surface area contributed by atoms with Crippen LogP contribution in [0.4, 0.5) is 5.69 Å². The average Bonchev–Trinajstić information content (AvgIpc) is 0.823. The lowest BCUT2D eigenvalue weighted by Crippen LogP contribution is -2.18. The van der Waals surface area contributed by atoms with E-state index in [-0.39, 0.29) is 86.4 Å². The van der Waals surface area contributed by atoms with Gasteiger partial charge in [0.15, 0.2) is 69.0 Å². The van der Waals surface area contributed by atoms with Crippen molar-refractivity contribution in [2.75, 3.05) is 35.0 Å². The lowest BCUT2D eigenvalue weighted by Gasteiger charge is -2.09. The van der Waals surface area contributed by atoms with Crippen LogP contribution in [0.3, 0.4) is 0 Å². The number of ether oxygens (including phenoxy) is 5. The number of phenolic OH excluding ortho intramolecular Hbond substituents is 7. The number of hydrogen-bond donors (Lipinski definition) is 13. The first-order valence-corrected chi connectivity index (χ1v) is 44.6. The number of amides is 6. The highest BCUT2D eigenvalue weighted by atomic mass is 79.9. The van der Waals surface area contributed by atoms with Crippen molar-refractivity contribution in [1.82, 2.24) is 32.6 Å². The molecule has 688 valence electrons. The van der Waals surface area contributed by atoms with Gasteiger partial charge < -0.3 is 59.4 Å². The zero-order valence-corrected chi connectivity index (χ0v) is 83.4. The molecule has 0 aliphatic rings. The number of carbonyl (C=O) groups is 6. The molecule has 0 heterocycles. The van der Waals surface area contributed by atoms with Gasteiger partial charge in [-0.2, -0.15) is 30.6 Å². The molecule has 6 amide bonds. The predicted octanol–water partition coefficient (Wildman–Crippen LogP) is 20.0. The van der Waals surface area contributed by atoms with Crippen molar-refractivity contribution in [3.63, 3.8) is 0 Å². The third-order valence-corrected chi connectivity index (χ3v) is 23.5. The van der Waals surface area contributed by atoms with E-state index in [0.29, 0.717) is 113 Å². The van der Waals surface area contributed by atoms with Crippen LogP contribution < -0.4 is 56.2 Å². The van der Waals surface area contributed by atoms with Crippen LogP contribution in [0.25, 0.3) is 0 Å². The van der Waals surface area contributed by atoms with E-state index in [1.165, 1.54) is 95.9 Å². The number of rotatable bonds is 25. The summed E-state index contributed by atoms with van der Waals surface area (Å²) in [7, 11) is 5.82. The number of aromatic hydroxyl groups is 7. The highest BCUT2D eigenvalue weighted by molar-refractivity contribution is 9.13. The quantitative estimate of drug-likeness (QED) is 0.0109. The molecule has 0 atom stereocenters. The van der Waals surface area contributed by atoms with Gasteiger partial charge in [-0.25, -0.2) is 32.6 Å². The molecule has 12 rings (SSSR count). The topological polar surface area (TPSA) is 480 Å². The van der Waals surface area contributed by atoms with Crippen molar-refractivity contribution in [2.24, 2.45) is 30.6 Å². The summed E-state index contributed by atoms with van der Waals surface area (Å²) in [4.78, 5) is 81.6.